The summed E-state index contributed by atoms with van der Waals surface area (Å²) in [5, 5.41) is 26.1. The van der Waals surface area contributed by atoms with Crippen molar-refractivity contribution >= 4 is 69.6 Å². The second-order valence-corrected chi connectivity index (χ2v) is 17.6. The molecule has 19 nitrogen and oxygen atoms in total. The van der Waals surface area contributed by atoms with E-state index in [-0.39, 0.29) is 34.3 Å². The van der Waals surface area contributed by atoms with Crippen molar-refractivity contribution in [3.05, 3.63) is 72.5 Å². The number of rotatable bonds is 11. The smallest absolute Gasteiger partial charge is 0.442 e. The number of benzene rings is 2. The Labute approximate surface area is 324 Å². The van der Waals surface area contributed by atoms with Crippen LogP contribution in [0.2, 0.25) is 10.0 Å². The molecule has 0 saturated heterocycles. The highest BCUT2D eigenvalue weighted by atomic mass is 35.5. The molecule has 0 amide bonds. The number of hydrogen-bond donors (Lipinski definition) is 4. The molecule has 0 radical (unpaired) electrons. The summed E-state index contributed by atoms with van der Waals surface area (Å²) < 4.78 is 44.9. The number of carbonyl (C=O) groups excluding carboxylic acids is 3. The number of carboxylic acid groups (broad SMARTS) is 1. The normalized spacial score (nSPS) is 13.7. The highest BCUT2D eigenvalue weighted by Crippen LogP contribution is 2.34. The lowest BCUT2D eigenvalue weighted by atomic mass is 9.81. The first-order valence-electron chi connectivity index (χ1n) is 16.0. The van der Waals surface area contributed by atoms with Crippen molar-refractivity contribution in [2.24, 2.45) is 5.92 Å². The van der Waals surface area contributed by atoms with Gasteiger partial charge in [-0.3, -0.25) is 39.2 Å². The van der Waals surface area contributed by atoms with E-state index in [2.05, 4.69) is 10.4 Å². The van der Waals surface area contributed by atoms with E-state index < -0.39 is 81.4 Å². The summed E-state index contributed by atoms with van der Waals surface area (Å²) >= 11 is 12.3. The summed E-state index contributed by atoms with van der Waals surface area (Å²) in [6.45, 7) is 9.03. The molecule has 0 aliphatic heterocycles. The third kappa shape index (κ3) is 14.1. The summed E-state index contributed by atoms with van der Waals surface area (Å²) in [6.07, 6.45) is 0.706. The van der Waals surface area contributed by atoms with E-state index in [9.17, 15) is 47.1 Å². The number of nitrogens with one attached hydrogen (secondary N) is 1. The van der Waals surface area contributed by atoms with Crippen LogP contribution in [-0.2, 0) is 34.2 Å². The minimum Gasteiger partial charge on any atom is -0.489 e. The van der Waals surface area contributed by atoms with Crippen molar-refractivity contribution in [2.75, 3.05) is 19.1 Å². The Kier molecular flexibility index (Phi) is 16.2. The Morgan fingerprint density at radius 2 is 1.69 bits per heavy atom. The number of carbonyl (C=O) groups is 4. The number of nitrogens with zero attached hydrogens (tertiary/aromatic N) is 3. The van der Waals surface area contributed by atoms with Gasteiger partial charge in [-0.2, -0.15) is 4.68 Å². The molecule has 2 aromatic carbocycles. The Hall–Kier alpha value is -4.30. The van der Waals surface area contributed by atoms with E-state index in [0.717, 1.165) is 29.1 Å². The highest BCUT2D eigenvalue weighted by Gasteiger charge is 2.39. The monoisotopic (exact) mass is 852 g/mol. The summed E-state index contributed by atoms with van der Waals surface area (Å²) in [5.41, 5.74) is -1.19. The Morgan fingerprint density at radius 3 is 2.15 bits per heavy atom. The topological polar surface area (TPSA) is 293 Å². The first-order valence-corrected chi connectivity index (χ1v) is 20.4. The lowest BCUT2D eigenvalue weighted by molar-refractivity contribution is -0.385. The molecule has 1 aliphatic rings. The van der Waals surface area contributed by atoms with Crippen LogP contribution in [0.4, 0.5) is 5.69 Å². The second kappa shape index (κ2) is 19.0. The molecule has 0 atom stereocenters. The number of halogens is 2. The third-order valence-corrected chi connectivity index (χ3v) is 9.33. The molecule has 1 aromatic heterocycles. The van der Waals surface area contributed by atoms with Crippen molar-refractivity contribution in [3.63, 3.8) is 0 Å². The SMILES string of the molecule is CC(C)Oc1cc(-n2nc(C(C)(C)C)oc2=O)c(Cl)cc1Cl.CS(=O)(=O)c1ccc(C(=O)C2C(=O)CCCC2=O)c([N+](=O)[O-])c1.O=C(O)CNCP(=O)(O)O. The van der Waals surface area contributed by atoms with Gasteiger partial charge >= 0.3 is 19.3 Å². The third-order valence-electron chi connectivity index (χ3n) is 6.99. The molecule has 1 heterocycles. The van der Waals surface area contributed by atoms with E-state index in [1.165, 1.54) is 6.07 Å². The molecule has 0 bridgehead atoms. The maximum absolute atomic E-state index is 12.4. The molecule has 302 valence electrons. The molecular formula is C32H39Cl2N4O15PS. The standard InChI is InChI=1S/C15H18Cl2N2O3.C14H13NO7S.C3H8NO5P/c1-8(2)21-12-7-11(9(16)6-10(12)17)19-14(20)22-13(18-19)15(3,4)5;1-23(21,22)8-5-6-9(10(7-8)15(19)20)14(18)13-11(16)3-2-4-12(13)17;5-3(6)1-4-2-10(7,8)9/h6-8H,1-5H3;5-7,13H,2-4H2,1H3;4H,1-2H2,(H,5,6)(H2,7,8,9). The van der Waals surface area contributed by atoms with Crippen molar-refractivity contribution < 1.29 is 61.1 Å². The number of aliphatic carboxylic acids is 1. The Balaban J connectivity index is 0.000000307. The van der Waals surface area contributed by atoms with Gasteiger partial charge in [-0.05, 0) is 38.5 Å². The molecule has 23 heteroatoms. The summed E-state index contributed by atoms with van der Waals surface area (Å²) in [4.78, 5) is 84.2. The van der Waals surface area contributed by atoms with Crippen LogP contribution >= 0.6 is 30.8 Å². The minimum absolute atomic E-state index is 0.0642. The van der Waals surface area contributed by atoms with E-state index >= 15 is 0 Å². The first kappa shape index (κ1) is 46.9. The second-order valence-electron chi connectivity index (χ2n) is 13.2. The van der Waals surface area contributed by atoms with Crippen LogP contribution in [0.25, 0.3) is 5.69 Å². The molecule has 4 N–H and O–H groups in total. The minimum atomic E-state index is -4.10. The van der Waals surface area contributed by atoms with Gasteiger partial charge in [0.15, 0.2) is 27.2 Å². The van der Waals surface area contributed by atoms with Crippen LogP contribution in [0, 0.1) is 16.0 Å². The predicted molar refractivity (Wildman–Crippen MR) is 197 cm³/mol. The zero-order valence-corrected chi connectivity index (χ0v) is 33.5. The van der Waals surface area contributed by atoms with E-state index in [4.69, 9.17) is 47.2 Å². The molecular weight excluding hydrogens is 814 g/mol. The van der Waals surface area contributed by atoms with Crippen molar-refractivity contribution in [1.82, 2.24) is 15.1 Å². The molecule has 3 aromatic rings. The quantitative estimate of drug-likeness (QED) is 0.0693. The Bertz CT molecular complexity index is 2160. The van der Waals surface area contributed by atoms with Crippen LogP contribution < -0.4 is 15.8 Å². The van der Waals surface area contributed by atoms with Crippen LogP contribution in [0.5, 0.6) is 5.75 Å². The van der Waals surface area contributed by atoms with Crippen molar-refractivity contribution in [2.45, 2.75) is 70.3 Å². The molecule has 1 aliphatic carbocycles. The number of hydrogen-bond acceptors (Lipinski definition) is 14. The van der Waals surface area contributed by atoms with Gasteiger partial charge in [0.2, 0.25) is 5.89 Å². The van der Waals surface area contributed by atoms with Gasteiger partial charge in [0.25, 0.3) is 5.69 Å². The van der Waals surface area contributed by atoms with Gasteiger partial charge in [0.1, 0.15) is 11.7 Å². The molecule has 0 spiro atoms. The lowest BCUT2D eigenvalue weighted by Gasteiger charge is -2.18. The number of ketones is 3. The first-order chi connectivity index (χ1) is 25.1. The van der Waals surface area contributed by atoms with Crippen LogP contribution in [-0.4, -0.2) is 86.5 Å². The van der Waals surface area contributed by atoms with E-state index in [1.807, 2.05) is 34.6 Å². The summed E-state index contributed by atoms with van der Waals surface area (Å²) in [5.74, 6) is -4.60. The average Bonchev–Trinajstić information content (AvgIpc) is 3.43. The molecule has 1 fully saturated rings. The number of nitro benzene ring substituents is 1. The number of nitro groups is 1. The van der Waals surface area contributed by atoms with Gasteiger partial charge in [-0.15, -0.1) is 5.10 Å². The fourth-order valence-electron chi connectivity index (χ4n) is 4.52. The van der Waals surface area contributed by atoms with Gasteiger partial charge < -0.3 is 24.0 Å². The van der Waals surface area contributed by atoms with E-state index in [0.29, 0.717) is 28.8 Å². The van der Waals surface area contributed by atoms with Crippen LogP contribution in [0.15, 0.2) is 44.4 Å². The van der Waals surface area contributed by atoms with Gasteiger partial charge in [-0.25, -0.2) is 13.2 Å². The van der Waals surface area contributed by atoms with E-state index in [1.54, 1.807) is 6.07 Å². The van der Waals surface area contributed by atoms with Gasteiger partial charge in [-0.1, -0.05) is 44.0 Å². The highest BCUT2D eigenvalue weighted by molar-refractivity contribution is 7.90. The van der Waals surface area contributed by atoms with Crippen molar-refractivity contribution in [3.8, 4) is 11.4 Å². The van der Waals surface area contributed by atoms with Crippen LogP contribution in [0.1, 0.15) is 70.1 Å². The maximum Gasteiger partial charge on any atom is 0.442 e. The lowest BCUT2D eigenvalue weighted by Crippen LogP contribution is -2.35. The van der Waals surface area contributed by atoms with Crippen molar-refractivity contribution in [1.29, 1.82) is 0 Å². The number of Topliss-reactive ketones (excluding diaryl/α,β-unsaturated/α-hetero) is 3. The molecule has 4 rings (SSSR count). The molecule has 55 heavy (non-hydrogen) atoms. The number of aromatic nitrogens is 2. The number of carboxylic acids is 1. The summed E-state index contributed by atoms with van der Waals surface area (Å²) in [7, 11) is -7.79. The predicted octanol–water partition coefficient (Wildman–Crippen LogP) is 4.13. The fraction of sp³-hybridized carbons (Fsp3) is 0.438. The largest absolute Gasteiger partial charge is 0.489 e. The van der Waals surface area contributed by atoms with Gasteiger partial charge in [0, 0.05) is 36.6 Å². The maximum atomic E-state index is 12.4. The average molecular weight is 854 g/mol. The molecule has 1 saturated carbocycles. The number of ether oxygens (including phenoxy) is 1. The van der Waals surface area contributed by atoms with Crippen LogP contribution in [0.3, 0.4) is 0 Å². The summed E-state index contributed by atoms with van der Waals surface area (Å²) in [6, 6.07) is 5.90. The molecule has 0 unspecified atom stereocenters. The fourth-order valence-corrected chi connectivity index (χ4v) is 6.07. The zero-order chi connectivity index (χ0) is 42.2. The number of sulfone groups is 1. The van der Waals surface area contributed by atoms with Gasteiger partial charge in [0.05, 0.1) is 50.0 Å². The Morgan fingerprint density at radius 1 is 1.11 bits per heavy atom. The zero-order valence-electron chi connectivity index (χ0n) is 30.3.